The predicted molar refractivity (Wildman–Crippen MR) is 80.0 cm³/mol. The molecule has 1 amide bonds. The number of phenols is 1. The molecule has 0 spiro atoms. The zero-order valence-corrected chi connectivity index (χ0v) is 12.7. The number of carbonyl (C=O) groups excluding carboxylic acids is 2. The van der Waals surface area contributed by atoms with Crippen LogP contribution in [0.3, 0.4) is 0 Å². The van der Waals surface area contributed by atoms with Gasteiger partial charge in [-0.25, -0.2) is 4.79 Å². The molecule has 5 nitrogen and oxygen atoms in total. The van der Waals surface area contributed by atoms with Gasteiger partial charge in [-0.1, -0.05) is 0 Å². The molecule has 1 aliphatic carbocycles. The summed E-state index contributed by atoms with van der Waals surface area (Å²) >= 11 is 0. The van der Waals surface area contributed by atoms with Crippen molar-refractivity contribution in [3.05, 3.63) is 22.8 Å². The molecule has 114 valence electrons. The summed E-state index contributed by atoms with van der Waals surface area (Å²) in [6.07, 6.45) is 3.63. The molecule has 0 aliphatic heterocycles. The molecule has 0 bridgehead atoms. The van der Waals surface area contributed by atoms with Crippen molar-refractivity contribution in [1.29, 1.82) is 0 Å². The Bertz CT molecular complexity index is 573. The minimum Gasteiger partial charge on any atom is -0.505 e. The highest BCUT2D eigenvalue weighted by Gasteiger charge is 2.23. The number of nitrogens with one attached hydrogen (secondary N) is 1. The molecule has 0 heterocycles. The van der Waals surface area contributed by atoms with Gasteiger partial charge >= 0.3 is 6.09 Å². The van der Waals surface area contributed by atoms with Crippen LogP contribution in [0.2, 0.25) is 0 Å². The quantitative estimate of drug-likeness (QED) is 0.646. The van der Waals surface area contributed by atoms with E-state index >= 15 is 0 Å². The summed E-state index contributed by atoms with van der Waals surface area (Å²) in [5, 5.41) is 12.8. The van der Waals surface area contributed by atoms with E-state index in [1.165, 1.54) is 0 Å². The fourth-order valence-corrected chi connectivity index (χ4v) is 2.55. The maximum Gasteiger partial charge on any atom is 0.412 e. The molecule has 0 fully saturated rings. The van der Waals surface area contributed by atoms with E-state index in [4.69, 9.17) is 4.74 Å². The summed E-state index contributed by atoms with van der Waals surface area (Å²) in [7, 11) is 0. The highest BCUT2D eigenvalue weighted by atomic mass is 16.6. The van der Waals surface area contributed by atoms with Gasteiger partial charge in [-0.3, -0.25) is 10.1 Å². The zero-order valence-electron chi connectivity index (χ0n) is 12.7. The monoisotopic (exact) mass is 291 g/mol. The number of amides is 1. The maximum absolute atomic E-state index is 11.9. The van der Waals surface area contributed by atoms with E-state index in [-0.39, 0.29) is 11.3 Å². The Labute approximate surface area is 124 Å². The van der Waals surface area contributed by atoms with Gasteiger partial charge < -0.3 is 9.84 Å². The first-order valence-electron chi connectivity index (χ1n) is 7.14. The second kappa shape index (κ2) is 5.76. The number of aryl methyl sites for hydroxylation is 1. The fraction of sp³-hybridized carbons (Fsp3) is 0.500. The van der Waals surface area contributed by atoms with Gasteiger partial charge in [0.1, 0.15) is 11.4 Å². The van der Waals surface area contributed by atoms with Crippen LogP contribution in [0.25, 0.3) is 0 Å². The Balaban J connectivity index is 2.37. The van der Waals surface area contributed by atoms with Gasteiger partial charge in [-0.15, -0.1) is 0 Å². The van der Waals surface area contributed by atoms with Crippen molar-refractivity contribution in [2.45, 2.75) is 52.1 Å². The molecule has 5 heteroatoms. The lowest BCUT2D eigenvalue weighted by Gasteiger charge is -2.24. The van der Waals surface area contributed by atoms with Crippen molar-refractivity contribution in [3.63, 3.8) is 0 Å². The van der Waals surface area contributed by atoms with Crippen LogP contribution in [-0.4, -0.2) is 23.1 Å². The van der Waals surface area contributed by atoms with Crippen molar-refractivity contribution < 1.29 is 19.4 Å². The standard InChI is InChI=1S/C16H21NO4/c1-16(2,3)21-15(20)17-13-12-7-5-4-6-10(12)8-11(9-18)14(13)19/h8-9,19H,4-7H2,1-3H3,(H,17,20). The van der Waals surface area contributed by atoms with E-state index in [0.29, 0.717) is 12.0 Å². The Kier molecular flexibility index (Phi) is 4.21. The van der Waals surface area contributed by atoms with Gasteiger partial charge in [0.25, 0.3) is 0 Å². The largest absolute Gasteiger partial charge is 0.505 e. The van der Waals surface area contributed by atoms with Gasteiger partial charge in [0, 0.05) is 0 Å². The lowest BCUT2D eigenvalue weighted by atomic mass is 9.88. The molecule has 21 heavy (non-hydrogen) atoms. The number of rotatable bonds is 2. The van der Waals surface area contributed by atoms with E-state index in [2.05, 4.69) is 5.32 Å². The van der Waals surface area contributed by atoms with Gasteiger partial charge in [0.2, 0.25) is 0 Å². The summed E-state index contributed by atoms with van der Waals surface area (Å²) in [6.45, 7) is 5.30. The predicted octanol–water partition coefficient (Wildman–Crippen LogP) is 3.43. The van der Waals surface area contributed by atoms with Crippen molar-refractivity contribution >= 4 is 18.1 Å². The SMILES string of the molecule is CC(C)(C)OC(=O)Nc1c(O)c(C=O)cc2c1CCCC2. The molecule has 2 rings (SSSR count). The van der Waals surface area contributed by atoms with Crippen LogP contribution in [0.4, 0.5) is 10.5 Å². The van der Waals surface area contributed by atoms with Gasteiger partial charge in [-0.05, 0) is 63.6 Å². The minimum absolute atomic E-state index is 0.184. The first kappa shape index (κ1) is 15.4. The summed E-state index contributed by atoms with van der Waals surface area (Å²) in [5.74, 6) is -0.184. The molecule has 1 aromatic rings. The van der Waals surface area contributed by atoms with Crippen LogP contribution in [-0.2, 0) is 17.6 Å². The normalized spacial score (nSPS) is 14.2. The molecule has 0 aromatic heterocycles. The molecule has 0 saturated carbocycles. The number of anilines is 1. The number of hydrogen-bond acceptors (Lipinski definition) is 4. The van der Waals surface area contributed by atoms with Crippen molar-refractivity contribution in [3.8, 4) is 5.75 Å². The summed E-state index contributed by atoms with van der Waals surface area (Å²) in [5.41, 5.74) is 1.79. The highest BCUT2D eigenvalue weighted by molar-refractivity contribution is 5.93. The van der Waals surface area contributed by atoms with Crippen molar-refractivity contribution in [2.75, 3.05) is 5.32 Å². The van der Waals surface area contributed by atoms with Gasteiger partial charge in [0.15, 0.2) is 6.29 Å². The minimum atomic E-state index is -0.631. The fourth-order valence-electron chi connectivity index (χ4n) is 2.55. The van der Waals surface area contributed by atoms with E-state index in [0.717, 1.165) is 36.8 Å². The number of carbonyl (C=O) groups is 2. The number of hydrogen-bond donors (Lipinski definition) is 2. The first-order chi connectivity index (χ1) is 9.81. The first-order valence-corrected chi connectivity index (χ1v) is 7.14. The van der Waals surface area contributed by atoms with Crippen LogP contribution < -0.4 is 5.32 Å². The number of fused-ring (bicyclic) bond motifs is 1. The number of ether oxygens (including phenoxy) is 1. The van der Waals surface area contributed by atoms with Crippen molar-refractivity contribution in [2.24, 2.45) is 0 Å². The van der Waals surface area contributed by atoms with Gasteiger partial charge in [-0.2, -0.15) is 0 Å². The third-order valence-corrected chi connectivity index (χ3v) is 3.41. The van der Waals surface area contributed by atoms with Crippen LogP contribution in [0, 0.1) is 0 Å². The maximum atomic E-state index is 11.9. The highest BCUT2D eigenvalue weighted by Crippen LogP contribution is 2.37. The third kappa shape index (κ3) is 3.54. The second-order valence-corrected chi connectivity index (χ2v) is 6.28. The van der Waals surface area contributed by atoms with Crippen LogP contribution in [0.15, 0.2) is 6.07 Å². The molecule has 0 atom stereocenters. The van der Waals surface area contributed by atoms with Crippen molar-refractivity contribution in [1.82, 2.24) is 0 Å². The van der Waals surface area contributed by atoms with E-state index in [1.807, 2.05) is 0 Å². The van der Waals surface area contributed by atoms with Crippen LogP contribution >= 0.6 is 0 Å². The Morgan fingerprint density at radius 1 is 1.33 bits per heavy atom. The third-order valence-electron chi connectivity index (χ3n) is 3.41. The second-order valence-electron chi connectivity index (χ2n) is 6.28. The molecular weight excluding hydrogens is 270 g/mol. The molecule has 0 radical (unpaired) electrons. The van der Waals surface area contributed by atoms with Gasteiger partial charge in [0.05, 0.1) is 11.3 Å². The average molecular weight is 291 g/mol. The Hall–Kier alpha value is -2.04. The molecule has 2 N–H and O–H groups in total. The zero-order chi connectivity index (χ0) is 15.6. The number of phenolic OH excluding ortho intramolecular Hbond substituents is 1. The van der Waals surface area contributed by atoms with Crippen LogP contribution in [0.1, 0.15) is 55.1 Å². The number of aldehydes is 1. The summed E-state index contributed by atoms with van der Waals surface area (Å²) in [4.78, 5) is 23.0. The topological polar surface area (TPSA) is 75.6 Å². The summed E-state index contributed by atoms with van der Waals surface area (Å²) in [6, 6.07) is 1.71. The Morgan fingerprint density at radius 2 is 2.00 bits per heavy atom. The number of benzene rings is 1. The van der Waals surface area contributed by atoms with E-state index in [9.17, 15) is 14.7 Å². The number of aromatic hydroxyl groups is 1. The summed E-state index contributed by atoms with van der Waals surface area (Å²) < 4.78 is 5.21. The molecule has 1 aromatic carbocycles. The van der Waals surface area contributed by atoms with E-state index in [1.54, 1.807) is 26.8 Å². The van der Waals surface area contributed by atoms with Crippen LogP contribution in [0.5, 0.6) is 5.75 Å². The van der Waals surface area contributed by atoms with E-state index < -0.39 is 11.7 Å². The molecule has 0 saturated heterocycles. The average Bonchev–Trinajstić information content (AvgIpc) is 2.39. The Morgan fingerprint density at radius 3 is 2.62 bits per heavy atom. The molecular formula is C16H21NO4. The molecule has 0 unspecified atom stereocenters. The lowest BCUT2D eigenvalue weighted by molar-refractivity contribution is 0.0635. The lowest BCUT2D eigenvalue weighted by Crippen LogP contribution is -2.28. The smallest absolute Gasteiger partial charge is 0.412 e. The molecule has 1 aliphatic rings.